The van der Waals surface area contributed by atoms with Gasteiger partial charge in [0.25, 0.3) is 11.5 Å². The monoisotopic (exact) mass is 416 g/mol. The third-order valence-electron chi connectivity index (χ3n) is 4.90. The SMILES string of the molecule is COc1ccccc1-n1ccc(C)c(C(=O)NCc2ccc(-c3ncon3)cc2)c1=O. The maximum Gasteiger partial charge on any atom is 0.268 e. The number of nitrogens with zero attached hydrogens (tertiary/aromatic N) is 3. The second-order valence-electron chi connectivity index (χ2n) is 6.86. The van der Waals surface area contributed by atoms with Crippen molar-refractivity contribution in [1.29, 1.82) is 0 Å². The Balaban J connectivity index is 1.55. The van der Waals surface area contributed by atoms with Gasteiger partial charge in [-0.05, 0) is 36.2 Å². The molecule has 8 heteroatoms. The van der Waals surface area contributed by atoms with Gasteiger partial charge in [0, 0.05) is 18.3 Å². The van der Waals surface area contributed by atoms with E-state index < -0.39 is 11.5 Å². The van der Waals surface area contributed by atoms with Gasteiger partial charge in [-0.2, -0.15) is 4.98 Å². The Morgan fingerprint density at radius 2 is 1.90 bits per heavy atom. The smallest absolute Gasteiger partial charge is 0.268 e. The first-order valence-electron chi connectivity index (χ1n) is 9.58. The molecular formula is C23H20N4O4. The van der Waals surface area contributed by atoms with E-state index in [9.17, 15) is 9.59 Å². The number of aryl methyl sites for hydroxylation is 1. The van der Waals surface area contributed by atoms with E-state index in [0.717, 1.165) is 11.1 Å². The van der Waals surface area contributed by atoms with Crippen molar-refractivity contribution in [1.82, 2.24) is 20.0 Å². The summed E-state index contributed by atoms with van der Waals surface area (Å²) in [7, 11) is 1.54. The number of ether oxygens (including phenoxy) is 1. The summed E-state index contributed by atoms with van der Waals surface area (Å²) < 4.78 is 11.5. The summed E-state index contributed by atoms with van der Waals surface area (Å²) in [5.41, 5.74) is 2.54. The fraction of sp³-hybridized carbons (Fsp3) is 0.130. The molecule has 0 unspecified atom stereocenters. The molecule has 0 saturated heterocycles. The number of carbonyl (C=O) groups is 1. The highest BCUT2D eigenvalue weighted by Crippen LogP contribution is 2.21. The third-order valence-corrected chi connectivity index (χ3v) is 4.90. The number of hydrogen-bond acceptors (Lipinski definition) is 6. The van der Waals surface area contributed by atoms with Crippen LogP contribution < -0.4 is 15.6 Å². The van der Waals surface area contributed by atoms with Crippen LogP contribution in [0, 0.1) is 6.92 Å². The first-order valence-corrected chi connectivity index (χ1v) is 9.58. The predicted octanol–water partition coefficient (Wildman–Crippen LogP) is 3.13. The number of para-hydroxylation sites is 2. The van der Waals surface area contributed by atoms with Gasteiger partial charge >= 0.3 is 0 Å². The average Bonchev–Trinajstić information content (AvgIpc) is 3.33. The Kier molecular flexibility index (Phi) is 5.61. The molecule has 0 aliphatic carbocycles. The van der Waals surface area contributed by atoms with Crippen molar-refractivity contribution in [3.63, 3.8) is 0 Å². The van der Waals surface area contributed by atoms with Crippen LogP contribution in [0.3, 0.4) is 0 Å². The van der Waals surface area contributed by atoms with Gasteiger partial charge < -0.3 is 14.6 Å². The Morgan fingerprint density at radius 3 is 2.61 bits per heavy atom. The van der Waals surface area contributed by atoms with Gasteiger partial charge in [0.1, 0.15) is 11.3 Å². The number of benzene rings is 2. The van der Waals surface area contributed by atoms with Crippen molar-refractivity contribution < 1.29 is 14.1 Å². The van der Waals surface area contributed by atoms with Crippen LogP contribution in [-0.4, -0.2) is 27.7 Å². The van der Waals surface area contributed by atoms with Crippen molar-refractivity contribution in [2.75, 3.05) is 7.11 Å². The molecule has 0 aliphatic rings. The summed E-state index contributed by atoms with van der Waals surface area (Å²) in [6.07, 6.45) is 2.91. The summed E-state index contributed by atoms with van der Waals surface area (Å²) in [5.74, 6) is 0.600. The molecule has 2 aromatic carbocycles. The zero-order chi connectivity index (χ0) is 21.8. The number of pyridine rings is 1. The summed E-state index contributed by atoms with van der Waals surface area (Å²) in [6, 6.07) is 16.3. The van der Waals surface area contributed by atoms with Gasteiger partial charge in [0.15, 0.2) is 0 Å². The molecule has 0 saturated carbocycles. The van der Waals surface area contributed by atoms with Gasteiger partial charge in [-0.15, -0.1) is 0 Å². The molecule has 4 aromatic rings. The molecule has 4 rings (SSSR count). The normalized spacial score (nSPS) is 10.6. The number of methoxy groups -OCH3 is 1. The molecule has 1 N–H and O–H groups in total. The molecule has 0 bridgehead atoms. The van der Waals surface area contributed by atoms with E-state index in [1.807, 2.05) is 36.4 Å². The van der Waals surface area contributed by atoms with Gasteiger partial charge in [-0.25, -0.2) is 0 Å². The number of hydrogen-bond donors (Lipinski definition) is 1. The van der Waals surface area contributed by atoms with Gasteiger partial charge in [-0.3, -0.25) is 14.2 Å². The Morgan fingerprint density at radius 1 is 1.13 bits per heavy atom. The van der Waals surface area contributed by atoms with Crippen LogP contribution in [0.2, 0.25) is 0 Å². The lowest BCUT2D eigenvalue weighted by Crippen LogP contribution is -2.33. The Hall–Kier alpha value is -4.20. The van der Waals surface area contributed by atoms with Gasteiger partial charge in [0.05, 0.1) is 12.8 Å². The van der Waals surface area contributed by atoms with Crippen LogP contribution in [-0.2, 0) is 6.54 Å². The van der Waals surface area contributed by atoms with Gasteiger partial charge in [-0.1, -0.05) is 41.6 Å². The molecule has 156 valence electrons. The zero-order valence-electron chi connectivity index (χ0n) is 17.0. The third kappa shape index (κ3) is 4.09. The van der Waals surface area contributed by atoms with Crippen molar-refractivity contribution >= 4 is 5.91 Å². The van der Waals surface area contributed by atoms with E-state index in [0.29, 0.717) is 22.8 Å². The van der Waals surface area contributed by atoms with E-state index in [-0.39, 0.29) is 12.1 Å². The summed E-state index contributed by atoms with van der Waals surface area (Å²) >= 11 is 0. The van der Waals surface area contributed by atoms with Crippen LogP contribution in [0.15, 0.2) is 76.5 Å². The van der Waals surface area contributed by atoms with Crippen LogP contribution in [0.4, 0.5) is 0 Å². The summed E-state index contributed by atoms with van der Waals surface area (Å²) in [6.45, 7) is 2.01. The van der Waals surface area contributed by atoms with Crippen molar-refractivity contribution in [3.05, 3.63) is 94.2 Å². The predicted molar refractivity (Wildman–Crippen MR) is 114 cm³/mol. The number of amides is 1. The largest absolute Gasteiger partial charge is 0.495 e. The molecule has 0 fully saturated rings. The zero-order valence-corrected chi connectivity index (χ0v) is 17.0. The highest BCUT2D eigenvalue weighted by Gasteiger charge is 2.17. The molecule has 0 radical (unpaired) electrons. The minimum atomic E-state index is -0.436. The van der Waals surface area contributed by atoms with Crippen LogP contribution in [0.1, 0.15) is 21.5 Å². The molecular weight excluding hydrogens is 396 g/mol. The molecule has 1 amide bonds. The molecule has 2 aromatic heterocycles. The minimum Gasteiger partial charge on any atom is -0.495 e. The lowest BCUT2D eigenvalue weighted by molar-refractivity contribution is 0.0948. The lowest BCUT2D eigenvalue weighted by Gasteiger charge is -2.13. The van der Waals surface area contributed by atoms with Crippen molar-refractivity contribution in [2.45, 2.75) is 13.5 Å². The van der Waals surface area contributed by atoms with E-state index in [4.69, 9.17) is 9.26 Å². The van der Waals surface area contributed by atoms with Crippen molar-refractivity contribution in [2.24, 2.45) is 0 Å². The summed E-state index contributed by atoms with van der Waals surface area (Å²) in [5, 5.41) is 6.62. The quantitative estimate of drug-likeness (QED) is 0.518. The number of aromatic nitrogens is 3. The van der Waals surface area contributed by atoms with E-state index in [2.05, 4.69) is 15.5 Å². The Bertz CT molecular complexity index is 1260. The average molecular weight is 416 g/mol. The van der Waals surface area contributed by atoms with Crippen molar-refractivity contribution in [3.8, 4) is 22.8 Å². The standard InChI is InChI=1S/C23H20N4O4/c1-15-11-12-27(18-5-3-4-6-19(18)30-2)23(29)20(15)22(28)24-13-16-7-9-17(10-8-16)21-25-14-31-26-21/h3-12,14H,13H2,1-2H3,(H,24,28). The van der Waals surface area contributed by atoms with E-state index in [1.54, 1.807) is 31.3 Å². The van der Waals surface area contributed by atoms with Crippen LogP contribution in [0.25, 0.3) is 17.1 Å². The lowest BCUT2D eigenvalue weighted by atomic mass is 10.1. The highest BCUT2D eigenvalue weighted by molar-refractivity contribution is 5.95. The fourth-order valence-corrected chi connectivity index (χ4v) is 3.26. The molecule has 0 spiro atoms. The van der Waals surface area contributed by atoms with E-state index >= 15 is 0 Å². The first-order chi connectivity index (χ1) is 15.1. The Labute approximate surface area is 178 Å². The van der Waals surface area contributed by atoms with Crippen LogP contribution >= 0.6 is 0 Å². The van der Waals surface area contributed by atoms with Gasteiger partial charge in [0.2, 0.25) is 12.2 Å². The number of carbonyl (C=O) groups excluding carboxylic acids is 1. The molecule has 31 heavy (non-hydrogen) atoms. The van der Waals surface area contributed by atoms with E-state index in [1.165, 1.54) is 18.1 Å². The summed E-state index contributed by atoms with van der Waals surface area (Å²) in [4.78, 5) is 30.0. The second kappa shape index (κ2) is 8.66. The first kappa shape index (κ1) is 20.1. The minimum absolute atomic E-state index is 0.0943. The molecule has 0 atom stereocenters. The number of rotatable bonds is 6. The molecule has 0 aliphatic heterocycles. The second-order valence-corrected chi connectivity index (χ2v) is 6.86. The molecule has 2 heterocycles. The maximum atomic E-state index is 13.1. The topological polar surface area (TPSA) is 99.2 Å². The highest BCUT2D eigenvalue weighted by atomic mass is 16.5. The maximum absolute atomic E-state index is 13.1. The fourth-order valence-electron chi connectivity index (χ4n) is 3.26. The molecule has 8 nitrogen and oxygen atoms in total. The number of nitrogens with one attached hydrogen (secondary N) is 1. The van der Waals surface area contributed by atoms with Crippen LogP contribution in [0.5, 0.6) is 5.75 Å².